The van der Waals surface area contributed by atoms with Gasteiger partial charge in [0.05, 0.1) is 0 Å². The van der Waals surface area contributed by atoms with Gasteiger partial charge in [-0.1, -0.05) is 166 Å². The lowest BCUT2D eigenvalue weighted by atomic mass is 9.81. The molecule has 1 aliphatic rings. The minimum absolute atomic E-state index is 0.0478. The summed E-state index contributed by atoms with van der Waals surface area (Å²) in [6.45, 7) is 4.73. The summed E-state index contributed by atoms with van der Waals surface area (Å²) in [6, 6.07) is 67.7. The largest absolute Gasteiger partial charge is 0.456 e. The van der Waals surface area contributed by atoms with Crippen LogP contribution in [0.1, 0.15) is 25.0 Å². The molecule has 0 unspecified atom stereocenters. The minimum Gasteiger partial charge on any atom is -0.456 e. The van der Waals surface area contributed by atoms with Gasteiger partial charge in [-0.25, -0.2) is 0 Å². The number of furan rings is 1. The van der Waals surface area contributed by atoms with Crippen molar-refractivity contribution in [2.24, 2.45) is 0 Å². The van der Waals surface area contributed by atoms with Crippen LogP contribution in [-0.2, 0) is 5.41 Å². The topological polar surface area (TPSA) is 13.1 Å². The lowest BCUT2D eigenvalue weighted by molar-refractivity contribution is 0.661. The summed E-state index contributed by atoms with van der Waals surface area (Å²) in [5.41, 5.74) is 12.3. The molecule has 1 nitrogen and oxygen atoms in total. The normalized spacial score (nSPS) is 13.5. The van der Waals surface area contributed by atoms with Crippen molar-refractivity contribution in [3.05, 3.63) is 193 Å². The van der Waals surface area contributed by atoms with E-state index in [1.807, 2.05) is 0 Å². The van der Waals surface area contributed by atoms with E-state index in [2.05, 4.69) is 196 Å². The highest BCUT2D eigenvalue weighted by molar-refractivity contribution is 6.29. The molecule has 0 saturated heterocycles. The van der Waals surface area contributed by atoms with Gasteiger partial charge < -0.3 is 4.42 Å². The van der Waals surface area contributed by atoms with E-state index in [1.54, 1.807) is 0 Å². The Hall–Kier alpha value is -7.22. The molecule has 58 heavy (non-hydrogen) atoms. The van der Waals surface area contributed by atoms with E-state index >= 15 is 0 Å². The Kier molecular flexibility index (Phi) is 6.29. The van der Waals surface area contributed by atoms with Crippen LogP contribution in [0.5, 0.6) is 0 Å². The molecule has 1 aromatic heterocycles. The van der Waals surface area contributed by atoms with Crippen molar-refractivity contribution in [3.63, 3.8) is 0 Å². The van der Waals surface area contributed by atoms with Crippen molar-refractivity contribution < 1.29 is 4.42 Å². The summed E-state index contributed by atoms with van der Waals surface area (Å²) in [7, 11) is 0. The van der Waals surface area contributed by atoms with Gasteiger partial charge in [0.15, 0.2) is 0 Å². The standard InChI is InChI=1S/C57H36O/c1-57(2)50-22-12-11-21-44(50)56-45-29-34(24-23-33(45)25-27-51(56)57)54-40-17-7-9-19-42(40)55(43-20-10-8-18-41(43)54)35-26-28-52-48(30-35)49-31-46-38-15-5-3-13-36(38)37-14-4-6-16-39(37)47(46)32-53(49)58-52/h3-32H,1-2H3. The predicted molar refractivity (Wildman–Crippen MR) is 247 cm³/mol. The van der Waals surface area contributed by atoms with Gasteiger partial charge in [-0.3, -0.25) is 0 Å². The van der Waals surface area contributed by atoms with Crippen molar-refractivity contribution in [3.8, 4) is 33.4 Å². The van der Waals surface area contributed by atoms with Crippen LogP contribution in [0.4, 0.5) is 0 Å². The van der Waals surface area contributed by atoms with E-state index in [-0.39, 0.29) is 5.41 Å². The smallest absolute Gasteiger partial charge is 0.136 e. The SMILES string of the molecule is CC1(C)c2ccccc2-c2c1ccc1ccc(-c3c4ccccc4c(-c4ccc5oc6cc7c8ccccc8c8ccccc8c7cc6c5c4)c4ccccc34)cc21. The van der Waals surface area contributed by atoms with E-state index in [4.69, 9.17) is 4.42 Å². The molecule has 11 aromatic carbocycles. The van der Waals surface area contributed by atoms with Crippen LogP contribution in [0.2, 0.25) is 0 Å². The second-order valence-corrected chi connectivity index (χ2v) is 16.7. The third-order valence-corrected chi connectivity index (χ3v) is 13.4. The number of fused-ring (bicyclic) bond motifs is 16. The van der Waals surface area contributed by atoms with Crippen molar-refractivity contribution in [2.75, 3.05) is 0 Å². The molecule has 1 aliphatic carbocycles. The number of hydrogen-bond acceptors (Lipinski definition) is 1. The maximum Gasteiger partial charge on any atom is 0.136 e. The molecular weight excluding hydrogens is 701 g/mol. The zero-order chi connectivity index (χ0) is 38.3. The quantitative estimate of drug-likeness (QED) is 0.127. The van der Waals surface area contributed by atoms with Crippen molar-refractivity contribution in [2.45, 2.75) is 19.3 Å². The monoisotopic (exact) mass is 736 g/mol. The molecule has 0 amide bonds. The van der Waals surface area contributed by atoms with E-state index in [1.165, 1.54) is 109 Å². The van der Waals surface area contributed by atoms with E-state index in [0.29, 0.717) is 0 Å². The summed E-state index contributed by atoms with van der Waals surface area (Å²) in [4.78, 5) is 0. The maximum atomic E-state index is 6.67. The first-order chi connectivity index (χ1) is 28.5. The highest BCUT2D eigenvalue weighted by Gasteiger charge is 2.36. The summed E-state index contributed by atoms with van der Waals surface area (Å²) >= 11 is 0. The molecule has 0 radical (unpaired) electrons. The van der Waals surface area contributed by atoms with Gasteiger partial charge >= 0.3 is 0 Å². The number of rotatable bonds is 2. The van der Waals surface area contributed by atoms with Gasteiger partial charge in [0.2, 0.25) is 0 Å². The Bertz CT molecular complexity index is 3710. The van der Waals surface area contributed by atoms with Crippen molar-refractivity contribution >= 4 is 86.6 Å². The minimum atomic E-state index is -0.0478. The van der Waals surface area contributed by atoms with Crippen molar-refractivity contribution in [1.82, 2.24) is 0 Å². The molecule has 0 saturated carbocycles. The molecule has 12 aromatic rings. The fourth-order valence-electron chi connectivity index (χ4n) is 10.8. The first kappa shape index (κ1) is 31.9. The zero-order valence-electron chi connectivity index (χ0n) is 32.2. The predicted octanol–water partition coefficient (Wildman–Crippen LogP) is 16.1. The van der Waals surface area contributed by atoms with Gasteiger partial charge in [-0.05, 0) is 139 Å². The molecule has 0 N–H and O–H groups in total. The Morgan fingerprint density at radius 1 is 0.310 bits per heavy atom. The molecular formula is C57H36O. The molecule has 0 fully saturated rings. The van der Waals surface area contributed by atoms with E-state index < -0.39 is 0 Å². The maximum absolute atomic E-state index is 6.67. The first-order valence-electron chi connectivity index (χ1n) is 20.3. The third-order valence-electron chi connectivity index (χ3n) is 13.4. The van der Waals surface area contributed by atoms with Crippen LogP contribution in [0.15, 0.2) is 186 Å². The molecule has 270 valence electrons. The highest BCUT2D eigenvalue weighted by Crippen LogP contribution is 2.52. The molecule has 0 bridgehead atoms. The lowest BCUT2D eigenvalue weighted by Gasteiger charge is -2.21. The average Bonchev–Trinajstić information content (AvgIpc) is 3.75. The Morgan fingerprint density at radius 2 is 0.776 bits per heavy atom. The fourth-order valence-corrected chi connectivity index (χ4v) is 10.8. The van der Waals surface area contributed by atoms with Crippen LogP contribution >= 0.6 is 0 Å². The van der Waals surface area contributed by atoms with Gasteiger partial charge in [0.1, 0.15) is 11.2 Å². The first-order valence-corrected chi connectivity index (χ1v) is 20.3. The summed E-state index contributed by atoms with van der Waals surface area (Å²) < 4.78 is 6.67. The molecule has 1 heterocycles. The van der Waals surface area contributed by atoms with E-state index in [9.17, 15) is 0 Å². The molecule has 0 atom stereocenters. The Balaban J connectivity index is 1.06. The number of benzene rings is 11. The third kappa shape index (κ3) is 4.20. The molecule has 1 heteroatoms. The van der Waals surface area contributed by atoms with Gasteiger partial charge in [0.25, 0.3) is 0 Å². The van der Waals surface area contributed by atoms with Crippen LogP contribution < -0.4 is 0 Å². The zero-order valence-corrected chi connectivity index (χ0v) is 32.2. The summed E-state index contributed by atoms with van der Waals surface area (Å²) in [6.07, 6.45) is 0. The van der Waals surface area contributed by atoms with E-state index in [0.717, 1.165) is 21.9 Å². The van der Waals surface area contributed by atoms with Crippen molar-refractivity contribution in [1.29, 1.82) is 0 Å². The Labute approximate surface area is 335 Å². The summed E-state index contributed by atoms with van der Waals surface area (Å²) in [5, 5.41) is 17.4. The molecule has 13 rings (SSSR count). The average molecular weight is 737 g/mol. The van der Waals surface area contributed by atoms with Gasteiger partial charge in [-0.15, -0.1) is 0 Å². The van der Waals surface area contributed by atoms with Gasteiger partial charge in [0, 0.05) is 16.2 Å². The van der Waals surface area contributed by atoms with Gasteiger partial charge in [-0.2, -0.15) is 0 Å². The number of hydrogen-bond donors (Lipinski definition) is 0. The second-order valence-electron chi connectivity index (χ2n) is 16.7. The van der Waals surface area contributed by atoms with Crippen LogP contribution in [-0.4, -0.2) is 0 Å². The van der Waals surface area contributed by atoms with Crippen LogP contribution in [0.3, 0.4) is 0 Å². The second kappa shape index (κ2) is 11.4. The van der Waals surface area contributed by atoms with Crippen LogP contribution in [0.25, 0.3) is 120 Å². The molecule has 0 spiro atoms. The molecule has 0 aliphatic heterocycles. The summed E-state index contributed by atoms with van der Waals surface area (Å²) in [5.74, 6) is 0. The highest BCUT2D eigenvalue weighted by atomic mass is 16.3. The van der Waals surface area contributed by atoms with Crippen LogP contribution in [0, 0.1) is 0 Å². The lowest BCUT2D eigenvalue weighted by Crippen LogP contribution is -2.14. The Morgan fingerprint density at radius 3 is 1.40 bits per heavy atom. The fraction of sp³-hybridized carbons (Fsp3) is 0.0526.